The summed E-state index contributed by atoms with van der Waals surface area (Å²) in [7, 11) is 0. The molecule has 0 aliphatic heterocycles. The van der Waals surface area contributed by atoms with Gasteiger partial charge < -0.3 is 15.8 Å². The zero-order valence-corrected chi connectivity index (χ0v) is 11.7. The number of hydrogen-bond acceptors (Lipinski definition) is 3. The van der Waals surface area contributed by atoms with Crippen molar-refractivity contribution >= 4 is 21.8 Å². The van der Waals surface area contributed by atoms with Gasteiger partial charge in [-0.05, 0) is 46.5 Å². The first-order valence-electron chi connectivity index (χ1n) is 6.09. The minimum atomic E-state index is 0.0622. The lowest BCUT2D eigenvalue weighted by Gasteiger charge is -2.09. The highest BCUT2D eigenvalue weighted by molar-refractivity contribution is 9.10. The molecule has 1 aliphatic rings. The molecule has 1 aromatic carbocycles. The third-order valence-corrected chi connectivity index (χ3v) is 3.38. The highest BCUT2D eigenvalue weighted by atomic mass is 79.9. The highest BCUT2D eigenvalue weighted by Gasteiger charge is 2.22. The summed E-state index contributed by atoms with van der Waals surface area (Å²) in [4.78, 5) is 11.4. The zero-order chi connectivity index (χ0) is 13.0. The van der Waals surface area contributed by atoms with E-state index in [1.165, 1.54) is 0 Å². The number of rotatable bonds is 6. The second-order valence-electron chi connectivity index (χ2n) is 4.41. The monoisotopic (exact) mass is 312 g/mol. The van der Waals surface area contributed by atoms with Gasteiger partial charge in [0.05, 0.1) is 17.5 Å². The fourth-order valence-corrected chi connectivity index (χ4v) is 2.11. The number of nitrogens with two attached hydrogens (primary N) is 1. The van der Waals surface area contributed by atoms with Crippen LogP contribution in [0.1, 0.15) is 24.8 Å². The molecule has 0 spiro atoms. The summed E-state index contributed by atoms with van der Waals surface area (Å²) in [6.45, 7) is 0.891. The Morgan fingerprint density at radius 3 is 2.89 bits per heavy atom. The average Bonchev–Trinajstić information content (AvgIpc) is 3.15. The van der Waals surface area contributed by atoms with Crippen LogP contribution in [0.25, 0.3) is 0 Å². The van der Waals surface area contributed by atoms with E-state index in [1.807, 2.05) is 18.2 Å². The van der Waals surface area contributed by atoms with Crippen molar-refractivity contribution in [1.29, 1.82) is 0 Å². The first-order valence-corrected chi connectivity index (χ1v) is 6.89. The minimum Gasteiger partial charge on any atom is -0.492 e. The fourth-order valence-electron chi connectivity index (χ4n) is 1.57. The van der Waals surface area contributed by atoms with E-state index in [1.54, 1.807) is 0 Å². The third kappa shape index (κ3) is 3.99. The van der Waals surface area contributed by atoms with E-state index >= 15 is 0 Å². The van der Waals surface area contributed by atoms with Gasteiger partial charge in [0.2, 0.25) is 5.91 Å². The fraction of sp³-hybridized carbons (Fsp3) is 0.462. The maximum atomic E-state index is 11.4. The smallest absolute Gasteiger partial charge is 0.223 e. The Morgan fingerprint density at radius 1 is 1.50 bits per heavy atom. The van der Waals surface area contributed by atoms with Crippen molar-refractivity contribution in [2.24, 2.45) is 5.73 Å². The second kappa shape index (κ2) is 6.20. The number of halogens is 1. The van der Waals surface area contributed by atoms with E-state index in [2.05, 4.69) is 21.2 Å². The third-order valence-electron chi connectivity index (χ3n) is 2.76. The van der Waals surface area contributed by atoms with E-state index in [0.29, 0.717) is 25.6 Å². The van der Waals surface area contributed by atoms with E-state index in [4.69, 9.17) is 10.5 Å². The van der Waals surface area contributed by atoms with Gasteiger partial charge in [0.25, 0.3) is 0 Å². The lowest BCUT2D eigenvalue weighted by molar-refractivity contribution is -0.121. The Balaban J connectivity index is 1.76. The van der Waals surface area contributed by atoms with Crippen molar-refractivity contribution < 1.29 is 9.53 Å². The molecule has 4 nitrogen and oxygen atoms in total. The van der Waals surface area contributed by atoms with Crippen LogP contribution in [0.5, 0.6) is 5.75 Å². The van der Waals surface area contributed by atoms with Gasteiger partial charge in [-0.25, -0.2) is 0 Å². The van der Waals surface area contributed by atoms with Crippen LogP contribution in [-0.2, 0) is 11.3 Å². The summed E-state index contributed by atoms with van der Waals surface area (Å²) >= 11 is 3.42. The van der Waals surface area contributed by atoms with Gasteiger partial charge in [0.15, 0.2) is 0 Å². The second-order valence-corrected chi connectivity index (χ2v) is 5.26. The van der Waals surface area contributed by atoms with E-state index < -0.39 is 0 Å². The molecule has 3 N–H and O–H groups in total. The van der Waals surface area contributed by atoms with Crippen molar-refractivity contribution in [2.45, 2.75) is 31.8 Å². The lowest BCUT2D eigenvalue weighted by atomic mass is 10.2. The normalized spacial score (nSPS) is 14.3. The molecule has 1 amide bonds. The van der Waals surface area contributed by atoms with Gasteiger partial charge in [-0.1, -0.05) is 6.07 Å². The number of benzene rings is 1. The summed E-state index contributed by atoms with van der Waals surface area (Å²) in [6.07, 6.45) is 2.61. The van der Waals surface area contributed by atoms with Crippen molar-refractivity contribution in [2.75, 3.05) is 6.61 Å². The Kier molecular flexibility index (Phi) is 4.60. The first-order chi connectivity index (χ1) is 8.69. The largest absolute Gasteiger partial charge is 0.492 e. The molecule has 1 saturated carbocycles. The molecule has 0 saturated heterocycles. The van der Waals surface area contributed by atoms with Crippen LogP contribution in [-0.4, -0.2) is 18.6 Å². The molecule has 0 aromatic heterocycles. The Labute approximate surface area is 115 Å². The van der Waals surface area contributed by atoms with Crippen LogP contribution in [0, 0.1) is 0 Å². The molecule has 0 radical (unpaired) electrons. The van der Waals surface area contributed by atoms with Crippen LogP contribution >= 0.6 is 15.9 Å². The Morgan fingerprint density at radius 2 is 2.28 bits per heavy atom. The predicted molar refractivity (Wildman–Crippen MR) is 73.3 cm³/mol. The van der Waals surface area contributed by atoms with E-state index in [-0.39, 0.29) is 5.91 Å². The summed E-state index contributed by atoms with van der Waals surface area (Å²) in [5.74, 6) is 0.804. The van der Waals surface area contributed by atoms with E-state index in [0.717, 1.165) is 28.6 Å². The standard InChI is InChI=1S/C13H17BrN2O2/c14-11-7-9(8-15)1-4-12(11)18-6-5-13(17)16-10-2-3-10/h1,4,7,10H,2-3,5-6,8,15H2,(H,16,17). The number of nitrogens with one attached hydrogen (secondary N) is 1. The summed E-state index contributed by atoms with van der Waals surface area (Å²) in [5.41, 5.74) is 6.59. The van der Waals surface area contributed by atoms with Gasteiger partial charge in [-0.15, -0.1) is 0 Å². The van der Waals surface area contributed by atoms with E-state index in [9.17, 15) is 4.79 Å². The summed E-state index contributed by atoms with van der Waals surface area (Å²) in [6, 6.07) is 6.13. The topological polar surface area (TPSA) is 64.3 Å². The number of carbonyl (C=O) groups excluding carboxylic acids is 1. The molecule has 2 rings (SSSR count). The molecule has 0 atom stereocenters. The molecular formula is C13H17BrN2O2. The van der Waals surface area contributed by atoms with Crippen molar-refractivity contribution in [3.8, 4) is 5.75 Å². The molecule has 98 valence electrons. The highest BCUT2D eigenvalue weighted by Crippen LogP contribution is 2.26. The maximum Gasteiger partial charge on any atom is 0.223 e. The van der Waals surface area contributed by atoms with Gasteiger partial charge in [0.1, 0.15) is 5.75 Å². The first kappa shape index (κ1) is 13.4. The predicted octanol–water partition coefficient (Wildman–Crippen LogP) is 1.96. The number of carbonyl (C=O) groups is 1. The van der Waals surface area contributed by atoms with Crippen LogP contribution in [0.2, 0.25) is 0 Å². The van der Waals surface area contributed by atoms with Gasteiger partial charge in [-0.2, -0.15) is 0 Å². The number of amides is 1. The molecule has 0 heterocycles. The molecule has 1 aliphatic carbocycles. The van der Waals surface area contributed by atoms with Crippen LogP contribution in [0.15, 0.2) is 22.7 Å². The molecular weight excluding hydrogens is 296 g/mol. The van der Waals surface area contributed by atoms with Crippen LogP contribution < -0.4 is 15.8 Å². The molecule has 5 heteroatoms. The van der Waals surface area contributed by atoms with Crippen LogP contribution in [0.3, 0.4) is 0 Å². The molecule has 0 bridgehead atoms. The van der Waals surface area contributed by atoms with Gasteiger partial charge >= 0.3 is 0 Å². The Bertz CT molecular complexity index is 433. The van der Waals surface area contributed by atoms with Crippen molar-refractivity contribution in [3.05, 3.63) is 28.2 Å². The average molecular weight is 313 g/mol. The molecule has 18 heavy (non-hydrogen) atoms. The minimum absolute atomic E-state index is 0.0622. The molecule has 1 fully saturated rings. The zero-order valence-electron chi connectivity index (χ0n) is 10.1. The number of hydrogen-bond donors (Lipinski definition) is 2. The quantitative estimate of drug-likeness (QED) is 0.844. The summed E-state index contributed by atoms with van der Waals surface area (Å²) < 4.78 is 6.43. The van der Waals surface area contributed by atoms with Gasteiger partial charge in [0, 0.05) is 12.6 Å². The van der Waals surface area contributed by atoms with Crippen molar-refractivity contribution in [3.63, 3.8) is 0 Å². The van der Waals surface area contributed by atoms with Crippen LogP contribution in [0.4, 0.5) is 0 Å². The SMILES string of the molecule is NCc1ccc(OCCC(=O)NC2CC2)c(Br)c1. The maximum absolute atomic E-state index is 11.4. The summed E-state index contributed by atoms with van der Waals surface area (Å²) in [5, 5.41) is 2.93. The number of ether oxygens (including phenoxy) is 1. The van der Waals surface area contributed by atoms with Gasteiger partial charge in [-0.3, -0.25) is 4.79 Å². The molecule has 0 unspecified atom stereocenters. The Hall–Kier alpha value is -1.07. The molecule has 1 aromatic rings. The lowest BCUT2D eigenvalue weighted by Crippen LogP contribution is -2.26. The van der Waals surface area contributed by atoms with Crippen molar-refractivity contribution in [1.82, 2.24) is 5.32 Å².